The number of hydrogen-bond acceptors (Lipinski definition) is 6. The maximum absolute atomic E-state index is 12.9. The summed E-state index contributed by atoms with van der Waals surface area (Å²) < 4.78 is 6.10. The lowest BCUT2D eigenvalue weighted by atomic mass is 10.1. The first kappa shape index (κ1) is 21.6. The van der Waals surface area contributed by atoms with Crippen LogP contribution in [0.5, 0.6) is 0 Å². The van der Waals surface area contributed by atoms with Gasteiger partial charge >= 0.3 is 0 Å². The number of carbonyl (C=O) groups excluding carboxylic acids is 1. The number of nitro benzene ring substituents is 1. The van der Waals surface area contributed by atoms with Gasteiger partial charge in [0.2, 0.25) is 0 Å². The molecule has 3 aromatic rings. The molecule has 4 rings (SSSR count). The van der Waals surface area contributed by atoms with Crippen LogP contribution in [0.1, 0.15) is 11.3 Å². The number of halogens is 2. The quantitative estimate of drug-likeness (QED) is 0.172. The maximum Gasteiger partial charge on any atom is 0.280 e. The van der Waals surface area contributed by atoms with E-state index < -0.39 is 4.92 Å². The lowest BCUT2D eigenvalue weighted by Crippen LogP contribution is -2.27. The van der Waals surface area contributed by atoms with Crippen molar-refractivity contribution in [3.05, 3.63) is 84.9 Å². The molecule has 31 heavy (non-hydrogen) atoms. The molecule has 1 aromatic heterocycles. The van der Waals surface area contributed by atoms with Gasteiger partial charge in [-0.2, -0.15) is 0 Å². The molecule has 0 N–H and O–H groups in total. The van der Waals surface area contributed by atoms with Gasteiger partial charge in [0.1, 0.15) is 11.5 Å². The van der Waals surface area contributed by atoms with Gasteiger partial charge in [-0.05, 0) is 48.9 Å². The molecule has 0 spiro atoms. The number of anilines is 1. The average molecular weight is 491 g/mol. The Labute approximate surface area is 196 Å². The van der Waals surface area contributed by atoms with Crippen molar-refractivity contribution in [2.45, 2.75) is 6.92 Å². The predicted molar refractivity (Wildman–Crippen MR) is 128 cm³/mol. The first-order valence-electron chi connectivity index (χ1n) is 8.83. The number of thioether (sulfide) groups is 1. The van der Waals surface area contributed by atoms with Crippen molar-refractivity contribution in [3.8, 4) is 11.3 Å². The Morgan fingerprint density at radius 3 is 2.65 bits per heavy atom. The Morgan fingerprint density at radius 2 is 1.94 bits per heavy atom. The van der Waals surface area contributed by atoms with Crippen molar-refractivity contribution >= 4 is 74.9 Å². The van der Waals surface area contributed by atoms with E-state index in [0.29, 0.717) is 42.0 Å². The Bertz CT molecular complexity index is 1290. The Morgan fingerprint density at radius 1 is 1.16 bits per heavy atom. The molecular weight excluding hydrogens is 479 g/mol. The van der Waals surface area contributed by atoms with Crippen LogP contribution in [0.25, 0.3) is 17.4 Å². The van der Waals surface area contributed by atoms with E-state index >= 15 is 0 Å². The van der Waals surface area contributed by atoms with E-state index in [1.807, 2.05) is 0 Å². The highest BCUT2D eigenvalue weighted by atomic mass is 35.5. The third-order valence-corrected chi connectivity index (χ3v) is 6.30. The minimum absolute atomic E-state index is 0.0513. The molecule has 156 valence electrons. The molecule has 0 unspecified atom stereocenters. The zero-order valence-electron chi connectivity index (χ0n) is 15.8. The third kappa shape index (κ3) is 4.24. The fourth-order valence-corrected chi connectivity index (χ4v) is 4.80. The van der Waals surface area contributed by atoms with Crippen LogP contribution in [-0.2, 0) is 4.79 Å². The summed E-state index contributed by atoms with van der Waals surface area (Å²) in [6.07, 6.45) is 1.55. The summed E-state index contributed by atoms with van der Waals surface area (Å²) in [5, 5.41) is 12.1. The molecule has 2 aromatic carbocycles. The molecule has 6 nitrogen and oxygen atoms in total. The summed E-state index contributed by atoms with van der Waals surface area (Å²) in [6, 6.07) is 12.9. The normalized spacial score (nSPS) is 15.2. The van der Waals surface area contributed by atoms with Gasteiger partial charge in [0.05, 0.1) is 26.1 Å². The molecule has 1 fully saturated rings. The summed E-state index contributed by atoms with van der Waals surface area (Å²) in [5.74, 6) is 0.347. The molecule has 1 aliphatic rings. The van der Waals surface area contributed by atoms with Crippen molar-refractivity contribution in [1.29, 1.82) is 0 Å². The molecule has 0 bridgehead atoms. The zero-order chi connectivity index (χ0) is 22.3. The van der Waals surface area contributed by atoms with Gasteiger partial charge < -0.3 is 4.42 Å². The molecule has 1 aliphatic heterocycles. The second-order valence-corrected chi connectivity index (χ2v) is 9.11. The van der Waals surface area contributed by atoms with Gasteiger partial charge in [-0.25, -0.2) is 0 Å². The highest BCUT2D eigenvalue weighted by molar-refractivity contribution is 8.27. The van der Waals surface area contributed by atoms with E-state index in [0.717, 1.165) is 17.3 Å². The van der Waals surface area contributed by atoms with Crippen LogP contribution < -0.4 is 4.90 Å². The number of nitro groups is 1. The van der Waals surface area contributed by atoms with Crippen molar-refractivity contribution in [1.82, 2.24) is 0 Å². The number of benzene rings is 2. The smallest absolute Gasteiger partial charge is 0.280 e. The SMILES string of the molecule is Cc1ccc(-c2ccc(/C=C3\SC(=S)N(c4ccc(Cl)cc4Cl)C3=O)o2)c([N+](=O)[O-])c1. The predicted octanol–water partition coefficient (Wildman–Crippen LogP) is 6.88. The van der Waals surface area contributed by atoms with Crippen LogP contribution in [0.2, 0.25) is 10.0 Å². The fourth-order valence-electron chi connectivity index (χ4n) is 3.04. The van der Waals surface area contributed by atoms with Gasteiger partial charge in [-0.15, -0.1) is 0 Å². The van der Waals surface area contributed by atoms with Crippen molar-refractivity contribution in [2.24, 2.45) is 0 Å². The molecule has 2 heterocycles. The Kier molecular flexibility index (Phi) is 5.90. The number of carbonyl (C=O) groups is 1. The van der Waals surface area contributed by atoms with Gasteiger partial charge in [0, 0.05) is 17.2 Å². The van der Waals surface area contributed by atoms with Crippen LogP contribution in [0.4, 0.5) is 11.4 Å². The second kappa shape index (κ2) is 8.47. The zero-order valence-corrected chi connectivity index (χ0v) is 18.9. The molecule has 1 amide bonds. The second-order valence-electron chi connectivity index (χ2n) is 6.59. The first-order valence-corrected chi connectivity index (χ1v) is 10.8. The van der Waals surface area contributed by atoms with Gasteiger partial charge in [-0.1, -0.05) is 53.2 Å². The van der Waals surface area contributed by atoms with Crippen LogP contribution in [0, 0.1) is 17.0 Å². The summed E-state index contributed by atoms with van der Waals surface area (Å²) in [7, 11) is 0. The number of furan rings is 1. The topological polar surface area (TPSA) is 76.6 Å². The van der Waals surface area contributed by atoms with E-state index in [4.69, 9.17) is 39.8 Å². The molecular formula is C21H12Cl2N2O4S2. The molecule has 10 heteroatoms. The summed E-state index contributed by atoms with van der Waals surface area (Å²) in [6.45, 7) is 1.78. The molecule has 0 aliphatic carbocycles. The minimum Gasteiger partial charge on any atom is -0.456 e. The molecule has 0 atom stereocenters. The third-order valence-electron chi connectivity index (χ3n) is 4.46. The number of thiocarbonyl (C=S) groups is 1. The van der Waals surface area contributed by atoms with E-state index in [9.17, 15) is 14.9 Å². The first-order chi connectivity index (χ1) is 14.7. The number of aryl methyl sites for hydroxylation is 1. The maximum atomic E-state index is 12.9. The van der Waals surface area contributed by atoms with E-state index in [1.165, 1.54) is 17.0 Å². The minimum atomic E-state index is -0.453. The highest BCUT2D eigenvalue weighted by Gasteiger charge is 2.34. The van der Waals surface area contributed by atoms with E-state index in [1.54, 1.807) is 49.4 Å². The molecule has 0 saturated carbocycles. The summed E-state index contributed by atoms with van der Waals surface area (Å²) in [4.78, 5) is 25.6. The van der Waals surface area contributed by atoms with Crippen molar-refractivity contribution in [2.75, 3.05) is 4.90 Å². The van der Waals surface area contributed by atoms with E-state index in [2.05, 4.69) is 0 Å². The van der Waals surface area contributed by atoms with Gasteiger partial charge in [0.15, 0.2) is 4.32 Å². The van der Waals surface area contributed by atoms with Gasteiger partial charge in [0.25, 0.3) is 11.6 Å². The van der Waals surface area contributed by atoms with Crippen LogP contribution >= 0.6 is 47.2 Å². The average Bonchev–Trinajstić information content (AvgIpc) is 3.27. The number of amides is 1. The monoisotopic (exact) mass is 490 g/mol. The Hall–Kier alpha value is -2.65. The highest BCUT2D eigenvalue weighted by Crippen LogP contribution is 2.40. The van der Waals surface area contributed by atoms with Crippen molar-refractivity contribution in [3.63, 3.8) is 0 Å². The summed E-state index contributed by atoms with van der Waals surface area (Å²) >= 11 is 18.6. The lowest BCUT2D eigenvalue weighted by Gasteiger charge is -2.16. The lowest BCUT2D eigenvalue weighted by molar-refractivity contribution is -0.384. The number of hydrogen-bond donors (Lipinski definition) is 0. The number of nitrogens with zero attached hydrogens (tertiary/aromatic N) is 2. The van der Waals surface area contributed by atoms with Crippen LogP contribution in [0.15, 0.2) is 57.9 Å². The van der Waals surface area contributed by atoms with E-state index in [-0.39, 0.29) is 11.6 Å². The van der Waals surface area contributed by atoms with Gasteiger partial charge in [-0.3, -0.25) is 19.8 Å². The molecule has 1 saturated heterocycles. The fraction of sp³-hybridized carbons (Fsp3) is 0.0476. The summed E-state index contributed by atoms with van der Waals surface area (Å²) in [5.41, 5.74) is 1.51. The molecule has 0 radical (unpaired) electrons. The van der Waals surface area contributed by atoms with Crippen LogP contribution in [-0.4, -0.2) is 15.2 Å². The van der Waals surface area contributed by atoms with Crippen molar-refractivity contribution < 1.29 is 14.1 Å². The van der Waals surface area contributed by atoms with Crippen LogP contribution in [0.3, 0.4) is 0 Å². The standard InChI is InChI=1S/C21H12Cl2N2O4S2/c1-11-2-5-14(17(8-11)25(27)28)18-7-4-13(29-18)10-19-20(26)24(21(30)31-19)16-6-3-12(22)9-15(16)23/h2-10H,1H3/b19-10-. The largest absolute Gasteiger partial charge is 0.456 e. The Balaban J connectivity index is 1.65. The number of rotatable bonds is 4.